The number of benzene rings is 1. The molecule has 0 bridgehead atoms. The lowest BCUT2D eigenvalue weighted by atomic mass is 10.1. The Bertz CT molecular complexity index is 486. The molecule has 0 spiro atoms. The molecule has 1 rings (SSSR count). The van der Waals surface area contributed by atoms with Gasteiger partial charge in [-0.25, -0.2) is 4.79 Å². The first-order valence-electron chi connectivity index (χ1n) is 6.87. The van der Waals surface area contributed by atoms with E-state index in [-0.39, 0.29) is 11.5 Å². The van der Waals surface area contributed by atoms with Gasteiger partial charge in [0, 0.05) is 25.7 Å². The van der Waals surface area contributed by atoms with Gasteiger partial charge in [-0.1, -0.05) is 20.3 Å². The molecular formula is C15H22N2O3. The van der Waals surface area contributed by atoms with Gasteiger partial charge in [-0.3, -0.25) is 4.79 Å². The number of carbonyl (C=O) groups excluding carboxylic acids is 1. The number of carboxylic acids is 1. The van der Waals surface area contributed by atoms with Gasteiger partial charge in [-0.2, -0.15) is 0 Å². The van der Waals surface area contributed by atoms with Crippen LogP contribution in [0.15, 0.2) is 18.2 Å². The predicted octanol–water partition coefficient (Wildman–Crippen LogP) is 2.97. The van der Waals surface area contributed by atoms with Crippen LogP contribution in [0.1, 0.15) is 43.5 Å². The third-order valence-electron chi connectivity index (χ3n) is 3.09. The predicted molar refractivity (Wildman–Crippen MR) is 80.5 cm³/mol. The van der Waals surface area contributed by atoms with E-state index in [1.165, 1.54) is 6.07 Å². The number of hydrogen-bond donors (Lipinski definition) is 2. The average Bonchev–Trinajstić information content (AvgIpc) is 2.44. The number of amides is 1. The minimum atomic E-state index is -0.990. The molecule has 110 valence electrons. The number of aromatic carboxylic acids is 1. The summed E-state index contributed by atoms with van der Waals surface area (Å²) in [6.07, 6.45) is 2.42. The third kappa shape index (κ3) is 4.26. The number of unbranched alkanes of at least 4 members (excludes halogenated alkanes) is 1. The highest BCUT2D eigenvalue weighted by Crippen LogP contribution is 2.24. The zero-order chi connectivity index (χ0) is 15.1. The lowest BCUT2D eigenvalue weighted by Crippen LogP contribution is -2.21. The van der Waals surface area contributed by atoms with Crippen LogP contribution < -0.4 is 10.2 Å². The van der Waals surface area contributed by atoms with Crippen molar-refractivity contribution < 1.29 is 14.7 Å². The van der Waals surface area contributed by atoms with E-state index in [1.54, 1.807) is 19.1 Å². The normalized spacial score (nSPS) is 10.2. The van der Waals surface area contributed by atoms with Gasteiger partial charge >= 0.3 is 5.97 Å². The fourth-order valence-corrected chi connectivity index (χ4v) is 1.88. The Balaban J connectivity index is 3.01. The summed E-state index contributed by atoms with van der Waals surface area (Å²) >= 11 is 0. The standard InChI is InChI=1S/C15H22N2O3/c1-4-6-9-17(3)13-8-7-11(16-14(18)5-2)10-12(13)15(19)20/h7-8,10H,4-6,9H2,1-3H3,(H,16,18)(H,19,20). The molecule has 0 radical (unpaired) electrons. The molecule has 0 aliphatic carbocycles. The van der Waals surface area contributed by atoms with Crippen molar-refractivity contribution in [2.45, 2.75) is 33.1 Å². The molecule has 1 amide bonds. The van der Waals surface area contributed by atoms with Crippen LogP contribution in [0.25, 0.3) is 0 Å². The van der Waals surface area contributed by atoms with Gasteiger partial charge in [-0.15, -0.1) is 0 Å². The molecule has 0 unspecified atom stereocenters. The molecule has 0 aromatic heterocycles. The number of hydrogen-bond acceptors (Lipinski definition) is 3. The van der Waals surface area contributed by atoms with Crippen molar-refractivity contribution in [1.29, 1.82) is 0 Å². The maximum absolute atomic E-state index is 11.4. The van der Waals surface area contributed by atoms with Gasteiger partial charge in [0.25, 0.3) is 0 Å². The summed E-state index contributed by atoms with van der Waals surface area (Å²) in [5.41, 5.74) is 1.39. The first-order valence-corrected chi connectivity index (χ1v) is 6.87. The Kier molecular flexibility index (Phi) is 6.03. The average molecular weight is 278 g/mol. The molecule has 1 aromatic rings. The van der Waals surface area contributed by atoms with E-state index < -0.39 is 5.97 Å². The van der Waals surface area contributed by atoms with Crippen molar-refractivity contribution in [2.75, 3.05) is 23.8 Å². The van der Waals surface area contributed by atoms with Gasteiger partial charge in [0.15, 0.2) is 0 Å². The molecule has 0 aliphatic heterocycles. The van der Waals surface area contributed by atoms with Crippen molar-refractivity contribution in [3.05, 3.63) is 23.8 Å². The lowest BCUT2D eigenvalue weighted by molar-refractivity contribution is -0.115. The Labute approximate surface area is 119 Å². The first-order chi connectivity index (χ1) is 9.49. The largest absolute Gasteiger partial charge is 0.478 e. The SMILES string of the molecule is CCCCN(C)c1ccc(NC(=O)CC)cc1C(=O)O. The van der Waals surface area contributed by atoms with E-state index in [2.05, 4.69) is 12.2 Å². The summed E-state index contributed by atoms with van der Waals surface area (Å²) in [5, 5.41) is 12.0. The summed E-state index contributed by atoms with van der Waals surface area (Å²) in [6.45, 7) is 4.65. The minimum absolute atomic E-state index is 0.131. The summed E-state index contributed by atoms with van der Waals surface area (Å²) < 4.78 is 0. The summed E-state index contributed by atoms with van der Waals surface area (Å²) in [5.74, 6) is -1.12. The van der Waals surface area contributed by atoms with Crippen LogP contribution >= 0.6 is 0 Å². The molecule has 0 fully saturated rings. The van der Waals surface area contributed by atoms with Gasteiger partial charge < -0.3 is 15.3 Å². The fourth-order valence-electron chi connectivity index (χ4n) is 1.88. The van der Waals surface area contributed by atoms with E-state index in [1.807, 2.05) is 11.9 Å². The van der Waals surface area contributed by atoms with Gasteiger partial charge in [0.2, 0.25) is 5.91 Å². The number of nitrogens with zero attached hydrogens (tertiary/aromatic N) is 1. The molecule has 0 aliphatic rings. The number of nitrogens with one attached hydrogen (secondary N) is 1. The maximum Gasteiger partial charge on any atom is 0.337 e. The van der Waals surface area contributed by atoms with Crippen molar-refractivity contribution >= 4 is 23.3 Å². The fraction of sp³-hybridized carbons (Fsp3) is 0.467. The number of carboxylic acid groups (broad SMARTS) is 1. The molecule has 5 nitrogen and oxygen atoms in total. The lowest BCUT2D eigenvalue weighted by Gasteiger charge is -2.21. The Morgan fingerprint density at radius 1 is 1.30 bits per heavy atom. The molecule has 0 heterocycles. The number of carbonyl (C=O) groups is 2. The van der Waals surface area contributed by atoms with Crippen LogP contribution in [-0.4, -0.2) is 30.6 Å². The second kappa shape index (κ2) is 7.53. The highest BCUT2D eigenvalue weighted by Gasteiger charge is 2.14. The zero-order valence-electron chi connectivity index (χ0n) is 12.3. The second-order valence-corrected chi connectivity index (χ2v) is 4.71. The highest BCUT2D eigenvalue weighted by molar-refractivity contribution is 5.98. The highest BCUT2D eigenvalue weighted by atomic mass is 16.4. The molecule has 0 saturated carbocycles. The summed E-state index contributed by atoms with van der Waals surface area (Å²) in [6, 6.07) is 4.98. The Morgan fingerprint density at radius 2 is 2.00 bits per heavy atom. The quantitative estimate of drug-likeness (QED) is 0.804. The van der Waals surface area contributed by atoms with Gasteiger partial charge in [0.05, 0.1) is 11.3 Å². The van der Waals surface area contributed by atoms with E-state index in [0.29, 0.717) is 17.8 Å². The third-order valence-corrected chi connectivity index (χ3v) is 3.09. The van der Waals surface area contributed by atoms with Crippen molar-refractivity contribution in [3.8, 4) is 0 Å². The molecular weight excluding hydrogens is 256 g/mol. The van der Waals surface area contributed by atoms with Crippen LogP contribution in [0.5, 0.6) is 0 Å². The number of rotatable bonds is 7. The zero-order valence-corrected chi connectivity index (χ0v) is 12.3. The maximum atomic E-state index is 11.4. The van der Waals surface area contributed by atoms with Crippen LogP contribution in [0, 0.1) is 0 Å². The Morgan fingerprint density at radius 3 is 2.55 bits per heavy atom. The molecule has 0 saturated heterocycles. The van der Waals surface area contributed by atoms with E-state index in [0.717, 1.165) is 19.4 Å². The van der Waals surface area contributed by atoms with Crippen LogP contribution in [0.2, 0.25) is 0 Å². The minimum Gasteiger partial charge on any atom is -0.478 e. The van der Waals surface area contributed by atoms with Gasteiger partial charge in [-0.05, 0) is 24.6 Å². The Hall–Kier alpha value is -2.04. The first kappa shape index (κ1) is 16.0. The molecule has 0 atom stereocenters. The smallest absolute Gasteiger partial charge is 0.337 e. The summed E-state index contributed by atoms with van der Waals surface area (Å²) in [7, 11) is 1.88. The topological polar surface area (TPSA) is 69.6 Å². The molecule has 20 heavy (non-hydrogen) atoms. The second-order valence-electron chi connectivity index (χ2n) is 4.71. The van der Waals surface area contributed by atoms with E-state index in [4.69, 9.17) is 0 Å². The van der Waals surface area contributed by atoms with E-state index in [9.17, 15) is 14.7 Å². The number of anilines is 2. The molecule has 5 heteroatoms. The van der Waals surface area contributed by atoms with Crippen LogP contribution in [0.3, 0.4) is 0 Å². The molecule has 1 aromatic carbocycles. The summed E-state index contributed by atoms with van der Waals surface area (Å²) in [4.78, 5) is 24.7. The van der Waals surface area contributed by atoms with Crippen LogP contribution in [-0.2, 0) is 4.79 Å². The van der Waals surface area contributed by atoms with Crippen molar-refractivity contribution in [3.63, 3.8) is 0 Å². The molecule has 2 N–H and O–H groups in total. The monoisotopic (exact) mass is 278 g/mol. The van der Waals surface area contributed by atoms with E-state index >= 15 is 0 Å². The van der Waals surface area contributed by atoms with Gasteiger partial charge in [0.1, 0.15) is 0 Å². The van der Waals surface area contributed by atoms with Crippen LogP contribution in [0.4, 0.5) is 11.4 Å². The van der Waals surface area contributed by atoms with Crippen molar-refractivity contribution in [1.82, 2.24) is 0 Å². The van der Waals surface area contributed by atoms with Crippen molar-refractivity contribution in [2.24, 2.45) is 0 Å².